The molecule has 0 aliphatic carbocycles. The summed E-state index contributed by atoms with van der Waals surface area (Å²) in [5.74, 6) is -0.213. The number of pyridine rings is 1. The molecule has 1 aromatic heterocycles. The van der Waals surface area contributed by atoms with Crippen LogP contribution in [0.15, 0.2) is 23.1 Å². The number of H-pyrrole nitrogens is 1. The van der Waals surface area contributed by atoms with Gasteiger partial charge < -0.3 is 9.72 Å². The molecule has 0 saturated carbocycles. The van der Waals surface area contributed by atoms with Gasteiger partial charge in [0, 0.05) is 6.20 Å². The first-order valence-electron chi connectivity index (χ1n) is 4.18. The lowest BCUT2D eigenvalue weighted by atomic mass is 10.2. The lowest BCUT2D eigenvalue weighted by Crippen LogP contribution is -2.06. The van der Waals surface area contributed by atoms with E-state index >= 15 is 0 Å². The standard InChI is InChI=1S/C10H7ClFNO2/c1-15-7-3-2-6(12)9-8(7)10(14)5(11)4-13-9/h2-4H,1H3,(H,13,14). The minimum atomic E-state index is -0.514. The van der Waals surface area contributed by atoms with E-state index in [4.69, 9.17) is 16.3 Å². The number of hydrogen-bond donors (Lipinski definition) is 1. The van der Waals surface area contributed by atoms with Crippen LogP contribution >= 0.6 is 11.6 Å². The highest BCUT2D eigenvalue weighted by atomic mass is 35.5. The summed E-state index contributed by atoms with van der Waals surface area (Å²) >= 11 is 5.65. The van der Waals surface area contributed by atoms with Gasteiger partial charge in [0.1, 0.15) is 16.6 Å². The number of aromatic nitrogens is 1. The van der Waals surface area contributed by atoms with Gasteiger partial charge >= 0.3 is 0 Å². The zero-order valence-corrected chi connectivity index (χ0v) is 8.56. The van der Waals surface area contributed by atoms with Crippen molar-refractivity contribution in [1.29, 1.82) is 0 Å². The molecule has 2 aromatic rings. The van der Waals surface area contributed by atoms with Crippen molar-refractivity contribution in [2.45, 2.75) is 0 Å². The summed E-state index contributed by atoms with van der Waals surface area (Å²) in [6.45, 7) is 0. The van der Waals surface area contributed by atoms with Crippen LogP contribution in [-0.2, 0) is 0 Å². The van der Waals surface area contributed by atoms with E-state index in [1.807, 2.05) is 0 Å². The molecule has 0 amide bonds. The fourth-order valence-electron chi connectivity index (χ4n) is 1.42. The van der Waals surface area contributed by atoms with Crippen LogP contribution in [0.25, 0.3) is 10.9 Å². The predicted octanol–water partition coefficient (Wildman–Crippen LogP) is 2.33. The van der Waals surface area contributed by atoms with Gasteiger partial charge in [0.05, 0.1) is 18.0 Å². The fraction of sp³-hybridized carbons (Fsp3) is 0.100. The molecule has 5 heteroatoms. The van der Waals surface area contributed by atoms with Gasteiger partial charge in [0.25, 0.3) is 0 Å². The van der Waals surface area contributed by atoms with E-state index in [2.05, 4.69) is 4.98 Å². The maximum Gasteiger partial charge on any atom is 0.211 e. The number of aromatic amines is 1. The molecule has 78 valence electrons. The Morgan fingerprint density at radius 3 is 2.87 bits per heavy atom. The maximum atomic E-state index is 13.3. The molecule has 1 N–H and O–H groups in total. The van der Waals surface area contributed by atoms with Crippen molar-refractivity contribution < 1.29 is 9.13 Å². The van der Waals surface area contributed by atoms with Gasteiger partial charge in [-0.25, -0.2) is 4.39 Å². The molecule has 0 saturated heterocycles. The van der Waals surface area contributed by atoms with E-state index in [0.29, 0.717) is 5.75 Å². The Morgan fingerprint density at radius 1 is 1.47 bits per heavy atom. The summed E-state index contributed by atoms with van der Waals surface area (Å²) in [5.41, 5.74) is -0.342. The number of benzene rings is 1. The van der Waals surface area contributed by atoms with Gasteiger partial charge in [-0.1, -0.05) is 11.6 Å². The van der Waals surface area contributed by atoms with Crippen molar-refractivity contribution >= 4 is 22.5 Å². The molecule has 0 aliphatic heterocycles. The molecule has 0 unspecified atom stereocenters. The van der Waals surface area contributed by atoms with E-state index in [0.717, 1.165) is 0 Å². The summed E-state index contributed by atoms with van der Waals surface area (Å²) in [7, 11) is 1.41. The molecular weight excluding hydrogens is 221 g/mol. The van der Waals surface area contributed by atoms with Gasteiger partial charge in [-0.2, -0.15) is 0 Å². The number of hydrogen-bond acceptors (Lipinski definition) is 2. The van der Waals surface area contributed by atoms with Crippen LogP contribution in [0.1, 0.15) is 0 Å². The quantitative estimate of drug-likeness (QED) is 0.813. The van der Waals surface area contributed by atoms with Gasteiger partial charge in [-0.15, -0.1) is 0 Å². The van der Waals surface area contributed by atoms with Crippen molar-refractivity contribution in [3.05, 3.63) is 39.4 Å². The molecule has 0 bridgehead atoms. The van der Waals surface area contributed by atoms with Gasteiger partial charge in [0.2, 0.25) is 5.43 Å². The Balaban J connectivity index is 3.02. The van der Waals surface area contributed by atoms with Crippen LogP contribution < -0.4 is 10.2 Å². The summed E-state index contributed by atoms with van der Waals surface area (Å²) in [6.07, 6.45) is 1.26. The van der Waals surface area contributed by atoms with E-state index in [1.54, 1.807) is 0 Å². The molecule has 0 aliphatic rings. The maximum absolute atomic E-state index is 13.3. The van der Waals surface area contributed by atoms with Crippen LogP contribution in [0.2, 0.25) is 5.02 Å². The normalized spacial score (nSPS) is 10.6. The predicted molar refractivity (Wildman–Crippen MR) is 56.1 cm³/mol. The van der Waals surface area contributed by atoms with Crippen molar-refractivity contribution in [1.82, 2.24) is 4.98 Å². The first kappa shape index (κ1) is 9.98. The molecular formula is C10H7ClFNO2. The summed E-state index contributed by atoms with van der Waals surface area (Å²) in [4.78, 5) is 14.3. The number of nitrogens with one attached hydrogen (secondary N) is 1. The van der Waals surface area contributed by atoms with Gasteiger partial charge in [0.15, 0.2) is 0 Å². The van der Waals surface area contributed by atoms with E-state index in [-0.39, 0.29) is 15.9 Å². The van der Waals surface area contributed by atoms with E-state index in [9.17, 15) is 9.18 Å². The van der Waals surface area contributed by atoms with E-state index < -0.39 is 11.2 Å². The van der Waals surface area contributed by atoms with Gasteiger partial charge in [-0.3, -0.25) is 4.79 Å². The second-order valence-electron chi connectivity index (χ2n) is 2.97. The van der Waals surface area contributed by atoms with Crippen molar-refractivity contribution in [3.8, 4) is 5.75 Å². The highest BCUT2D eigenvalue weighted by Gasteiger charge is 2.12. The summed E-state index contributed by atoms with van der Waals surface area (Å²) in [5, 5.41) is 0.136. The third kappa shape index (κ3) is 1.47. The molecule has 0 atom stereocenters. The molecule has 3 nitrogen and oxygen atoms in total. The molecule has 0 fully saturated rings. The van der Waals surface area contributed by atoms with E-state index in [1.165, 1.54) is 25.4 Å². The first-order chi connectivity index (χ1) is 7.15. The Morgan fingerprint density at radius 2 is 2.20 bits per heavy atom. The minimum Gasteiger partial charge on any atom is -0.496 e. The van der Waals surface area contributed by atoms with Crippen molar-refractivity contribution in [2.75, 3.05) is 7.11 Å². The van der Waals surface area contributed by atoms with Crippen molar-refractivity contribution in [2.24, 2.45) is 0 Å². The molecule has 1 heterocycles. The smallest absolute Gasteiger partial charge is 0.211 e. The highest BCUT2D eigenvalue weighted by Crippen LogP contribution is 2.24. The van der Waals surface area contributed by atoms with Crippen LogP contribution in [0.5, 0.6) is 5.75 Å². The lowest BCUT2D eigenvalue weighted by Gasteiger charge is -2.05. The molecule has 0 spiro atoms. The second kappa shape index (κ2) is 3.55. The molecule has 0 radical (unpaired) electrons. The highest BCUT2D eigenvalue weighted by molar-refractivity contribution is 6.31. The number of fused-ring (bicyclic) bond motifs is 1. The summed E-state index contributed by atoms with van der Waals surface area (Å²) < 4.78 is 18.3. The lowest BCUT2D eigenvalue weighted by molar-refractivity contribution is 0.419. The Labute approximate surface area is 89.4 Å². The molecule has 15 heavy (non-hydrogen) atoms. The number of ether oxygens (including phenoxy) is 1. The third-order valence-corrected chi connectivity index (χ3v) is 2.40. The first-order valence-corrected chi connectivity index (χ1v) is 4.56. The third-order valence-electron chi connectivity index (χ3n) is 2.12. The van der Waals surface area contributed by atoms with Gasteiger partial charge in [-0.05, 0) is 12.1 Å². The second-order valence-corrected chi connectivity index (χ2v) is 3.37. The largest absolute Gasteiger partial charge is 0.496 e. The molecule has 2 rings (SSSR count). The van der Waals surface area contributed by atoms with Crippen LogP contribution in [-0.4, -0.2) is 12.1 Å². The summed E-state index contributed by atoms with van der Waals surface area (Å²) in [6, 6.07) is 2.62. The average Bonchev–Trinajstić information content (AvgIpc) is 2.24. The number of halogens is 2. The average molecular weight is 228 g/mol. The van der Waals surface area contributed by atoms with Crippen LogP contribution in [0, 0.1) is 5.82 Å². The SMILES string of the molecule is COc1ccc(F)c2[nH]cc(Cl)c(=O)c12. The number of methoxy groups -OCH3 is 1. The Hall–Kier alpha value is -1.55. The van der Waals surface area contributed by atoms with Crippen molar-refractivity contribution in [3.63, 3.8) is 0 Å². The monoisotopic (exact) mass is 227 g/mol. The van der Waals surface area contributed by atoms with Crippen LogP contribution in [0.4, 0.5) is 4.39 Å². The molecule has 1 aromatic carbocycles. The topological polar surface area (TPSA) is 42.1 Å². The Kier molecular flexibility index (Phi) is 2.36. The minimum absolute atomic E-state index is 0.00593. The zero-order valence-electron chi connectivity index (χ0n) is 7.80. The number of rotatable bonds is 1. The Bertz CT molecular complexity index is 579. The zero-order chi connectivity index (χ0) is 11.0. The fourth-order valence-corrected chi connectivity index (χ4v) is 1.56. The van der Waals surface area contributed by atoms with Crippen LogP contribution in [0.3, 0.4) is 0 Å².